The summed E-state index contributed by atoms with van der Waals surface area (Å²) in [6, 6.07) is 5.70. The van der Waals surface area contributed by atoms with E-state index in [4.69, 9.17) is 15.5 Å². The molecule has 2 aromatic heterocycles. The molecule has 36 heavy (non-hydrogen) atoms. The topological polar surface area (TPSA) is 125 Å². The van der Waals surface area contributed by atoms with Gasteiger partial charge < -0.3 is 15.0 Å². The Hall–Kier alpha value is -3.31. The lowest BCUT2D eigenvalue weighted by atomic mass is 10.1. The number of amides is 2. The molecule has 2 heterocycles. The van der Waals surface area contributed by atoms with Crippen molar-refractivity contribution in [1.29, 1.82) is 0 Å². The lowest BCUT2D eigenvalue weighted by molar-refractivity contribution is 0.0884. The van der Waals surface area contributed by atoms with Crippen molar-refractivity contribution in [2.75, 3.05) is 18.2 Å². The lowest BCUT2D eigenvalue weighted by Gasteiger charge is -2.24. The van der Waals surface area contributed by atoms with E-state index in [1.165, 1.54) is 11.0 Å². The first-order valence-electron chi connectivity index (χ1n) is 12.2. The molecule has 194 valence electrons. The molecule has 2 N–H and O–H groups in total. The van der Waals surface area contributed by atoms with Gasteiger partial charge in [0.25, 0.3) is 5.91 Å². The number of ether oxygens (including phenoxy) is 1. The lowest BCUT2D eigenvalue weighted by Crippen LogP contribution is -2.37. The van der Waals surface area contributed by atoms with Crippen LogP contribution in [0.1, 0.15) is 57.2 Å². The zero-order valence-corrected chi connectivity index (χ0v) is 23.0. The third kappa shape index (κ3) is 5.90. The molecule has 0 saturated carbocycles. The van der Waals surface area contributed by atoms with E-state index >= 15 is 0 Å². The minimum atomic E-state index is -1.34. The molecule has 0 bridgehead atoms. The number of aromatic nitrogens is 4. The van der Waals surface area contributed by atoms with Gasteiger partial charge in [0.1, 0.15) is 12.4 Å². The second-order valence-corrected chi connectivity index (χ2v) is 15.7. The highest BCUT2D eigenvalue weighted by Gasteiger charge is 2.28. The molecule has 0 aliphatic carbocycles. The molecule has 0 radical (unpaired) electrons. The molecule has 1 aromatic carbocycles. The van der Waals surface area contributed by atoms with Crippen molar-refractivity contribution < 1.29 is 19.1 Å². The van der Waals surface area contributed by atoms with Crippen LogP contribution in [0.5, 0.6) is 0 Å². The molecule has 3 aromatic rings. The van der Waals surface area contributed by atoms with E-state index in [9.17, 15) is 14.4 Å². The summed E-state index contributed by atoms with van der Waals surface area (Å²) in [7, 11) is -1.34. The standard InChI is InChI=1S/C25H36N6O4Si/c1-7-9-29-22-19(15-32)13-18(23(26)33)14-20(22)27-25(29)30(16-35-10-11-36(4,5)6)24(34)21-12-17(3)28-31(21)8-2/h12-15H,7-11,16H2,1-6H3,(H2,26,33). The van der Waals surface area contributed by atoms with Crippen LogP contribution in [-0.2, 0) is 17.8 Å². The zero-order valence-electron chi connectivity index (χ0n) is 22.0. The Morgan fingerprint density at radius 3 is 2.50 bits per heavy atom. The number of aldehydes is 1. The van der Waals surface area contributed by atoms with E-state index < -0.39 is 14.0 Å². The van der Waals surface area contributed by atoms with Crippen LogP contribution >= 0.6 is 0 Å². The van der Waals surface area contributed by atoms with Gasteiger partial charge in [-0.05, 0) is 44.5 Å². The van der Waals surface area contributed by atoms with Crippen LogP contribution in [-0.4, -0.2) is 58.8 Å². The smallest absolute Gasteiger partial charge is 0.280 e. The van der Waals surface area contributed by atoms with Crippen molar-refractivity contribution >= 4 is 43.2 Å². The number of hydrogen-bond donors (Lipinski definition) is 1. The van der Waals surface area contributed by atoms with Gasteiger partial charge in [-0.15, -0.1) is 0 Å². The Morgan fingerprint density at radius 1 is 1.19 bits per heavy atom. The van der Waals surface area contributed by atoms with Gasteiger partial charge >= 0.3 is 0 Å². The highest BCUT2D eigenvalue weighted by molar-refractivity contribution is 6.76. The fourth-order valence-corrected chi connectivity index (χ4v) is 4.76. The van der Waals surface area contributed by atoms with Gasteiger partial charge in [0.2, 0.25) is 11.9 Å². The number of benzene rings is 1. The van der Waals surface area contributed by atoms with Crippen LogP contribution in [0, 0.1) is 6.92 Å². The average molecular weight is 513 g/mol. The number of carbonyl (C=O) groups is 3. The molecular formula is C25H36N6O4Si. The fraction of sp³-hybridized carbons (Fsp3) is 0.480. The van der Waals surface area contributed by atoms with Gasteiger partial charge in [0.05, 0.1) is 16.7 Å². The molecular weight excluding hydrogens is 476 g/mol. The van der Waals surface area contributed by atoms with Crippen LogP contribution < -0.4 is 10.6 Å². The van der Waals surface area contributed by atoms with Gasteiger partial charge in [-0.2, -0.15) is 5.10 Å². The summed E-state index contributed by atoms with van der Waals surface area (Å²) >= 11 is 0. The van der Waals surface area contributed by atoms with Crippen molar-refractivity contribution in [3.8, 4) is 0 Å². The van der Waals surface area contributed by atoms with Crippen LogP contribution in [0.25, 0.3) is 11.0 Å². The number of rotatable bonds is 12. The summed E-state index contributed by atoms with van der Waals surface area (Å²) < 4.78 is 9.50. The third-order valence-electron chi connectivity index (χ3n) is 5.83. The number of imidazole rings is 1. The van der Waals surface area contributed by atoms with Crippen molar-refractivity contribution in [1.82, 2.24) is 19.3 Å². The second kappa shape index (κ2) is 11.2. The highest BCUT2D eigenvalue weighted by atomic mass is 28.3. The number of nitrogens with two attached hydrogens (primary N) is 1. The molecule has 0 saturated heterocycles. The van der Waals surface area contributed by atoms with E-state index in [1.54, 1.807) is 16.8 Å². The number of carbonyl (C=O) groups excluding carboxylic acids is 3. The third-order valence-corrected chi connectivity index (χ3v) is 7.54. The molecule has 0 unspecified atom stereocenters. The zero-order chi connectivity index (χ0) is 26.6. The Bertz CT molecular complexity index is 1270. The molecule has 0 atom stereocenters. The Kier molecular flexibility index (Phi) is 8.46. The Morgan fingerprint density at radius 2 is 1.92 bits per heavy atom. The highest BCUT2D eigenvalue weighted by Crippen LogP contribution is 2.28. The maximum absolute atomic E-state index is 13.9. The molecule has 0 spiro atoms. The van der Waals surface area contributed by atoms with Crippen LogP contribution in [0.4, 0.5) is 5.95 Å². The number of anilines is 1. The predicted molar refractivity (Wildman–Crippen MR) is 142 cm³/mol. The molecule has 0 aliphatic rings. The summed E-state index contributed by atoms with van der Waals surface area (Å²) in [4.78, 5) is 43.9. The average Bonchev–Trinajstić information content (AvgIpc) is 3.37. The number of nitrogens with zero attached hydrogens (tertiary/aromatic N) is 5. The first-order valence-corrected chi connectivity index (χ1v) is 15.9. The molecule has 2 amide bonds. The van der Waals surface area contributed by atoms with E-state index in [1.807, 2.05) is 25.3 Å². The molecule has 3 rings (SSSR count). The SMILES string of the molecule is CCCn1c(N(COCC[Si](C)(C)C)C(=O)c2cc(C)nn2CC)nc2cc(C(N)=O)cc(C=O)c21. The van der Waals surface area contributed by atoms with Crippen molar-refractivity contribution in [3.05, 3.63) is 40.7 Å². The first-order chi connectivity index (χ1) is 17.0. The van der Waals surface area contributed by atoms with Gasteiger partial charge in [-0.3, -0.25) is 24.0 Å². The summed E-state index contributed by atoms with van der Waals surface area (Å²) in [5.41, 5.74) is 8.07. The largest absolute Gasteiger partial charge is 0.366 e. The van der Waals surface area contributed by atoms with Crippen molar-refractivity contribution in [2.45, 2.75) is 66.0 Å². The molecule has 11 heteroatoms. The number of aryl methyl sites for hydroxylation is 3. The van der Waals surface area contributed by atoms with Gasteiger partial charge in [0, 0.05) is 38.9 Å². The van der Waals surface area contributed by atoms with Crippen molar-refractivity contribution in [3.63, 3.8) is 0 Å². The van der Waals surface area contributed by atoms with E-state index in [0.717, 1.165) is 18.2 Å². The van der Waals surface area contributed by atoms with Crippen LogP contribution in [0.3, 0.4) is 0 Å². The first kappa shape index (κ1) is 27.3. The second-order valence-electron chi connectivity index (χ2n) is 10.0. The van der Waals surface area contributed by atoms with Crippen molar-refractivity contribution in [2.24, 2.45) is 5.73 Å². The van der Waals surface area contributed by atoms with Crippen LogP contribution in [0.2, 0.25) is 25.7 Å². The minimum Gasteiger partial charge on any atom is -0.366 e. The summed E-state index contributed by atoms with van der Waals surface area (Å²) in [6.45, 7) is 14.1. The van der Waals surface area contributed by atoms with Gasteiger partial charge in [-0.25, -0.2) is 4.98 Å². The Labute approximate surface area is 212 Å². The maximum atomic E-state index is 13.9. The summed E-state index contributed by atoms with van der Waals surface area (Å²) in [6.07, 6.45) is 1.41. The predicted octanol–water partition coefficient (Wildman–Crippen LogP) is 3.84. The van der Waals surface area contributed by atoms with Crippen LogP contribution in [0.15, 0.2) is 18.2 Å². The van der Waals surface area contributed by atoms with E-state index in [2.05, 4.69) is 24.7 Å². The van der Waals surface area contributed by atoms with E-state index in [-0.39, 0.29) is 23.8 Å². The maximum Gasteiger partial charge on any atom is 0.280 e. The quantitative estimate of drug-likeness (QED) is 0.170. The van der Waals surface area contributed by atoms with E-state index in [0.29, 0.717) is 48.7 Å². The number of primary amides is 1. The molecule has 0 fully saturated rings. The van der Waals surface area contributed by atoms with Gasteiger partial charge in [0.15, 0.2) is 6.29 Å². The monoisotopic (exact) mass is 512 g/mol. The van der Waals surface area contributed by atoms with Gasteiger partial charge in [-0.1, -0.05) is 26.6 Å². The Balaban J connectivity index is 2.17. The fourth-order valence-electron chi connectivity index (χ4n) is 4.00. The number of fused-ring (bicyclic) bond motifs is 1. The minimum absolute atomic E-state index is 0.0105. The number of hydrogen-bond acceptors (Lipinski definition) is 6. The summed E-state index contributed by atoms with van der Waals surface area (Å²) in [5, 5.41) is 4.42. The molecule has 10 nitrogen and oxygen atoms in total. The normalized spacial score (nSPS) is 11.7. The molecule has 0 aliphatic heterocycles. The summed E-state index contributed by atoms with van der Waals surface area (Å²) in [5.74, 6) is -0.617.